The third-order valence-corrected chi connectivity index (χ3v) is 3.83. The lowest BCUT2D eigenvalue weighted by Gasteiger charge is -2.09. The largest absolute Gasteiger partial charge is 0.507 e. The fraction of sp³-hybridized carbons (Fsp3) is 0.167. The molecule has 3 aromatic rings. The Morgan fingerprint density at radius 1 is 1.24 bits per heavy atom. The summed E-state index contributed by atoms with van der Waals surface area (Å²) in [6, 6.07) is 8.35. The highest BCUT2D eigenvalue weighted by Gasteiger charge is 2.18. The van der Waals surface area contributed by atoms with Crippen molar-refractivity contribution in [3.05, 3.63) is 59.8 Å². The summed E-state index contributed by atoms with van der Waals surface area (Å²) in [5, 5.41) is 13.0. The van der Waals surface area contributed by atoms with Gasteiger partial charge in [-0.1, -0.05) is 0 Å². The van der Waals surface area contributed by atoms with Gasteiger partial charge in [-0.3, -0.25) is 4.79 Å². The van der Waals surface area contributed by atoms with Crippen LogP contribution < -0.4 is 5.32 Å². The van der Waals surface area contributed by atoms with Gasteiger partial charge in [0.25, 0.3) is 5.91 Å². The number of carbonyl (C=O) groups is 1. The van der Waals surface area contributed by atoms with E-state index in [0.717, 1.165) is 10.9 Å². The molecular formula is C18H16F2N2O3. The van der Waals surface area contributed by atoms with Gasteiger partial charge in [0.15, 0.2) is 0 Å². The average Bonchev–Trinajstić information content (AvgIpc) is 2.94. The van der Waals surface area contributed by atoms with Gasteiger partial charge in [-0.2, -0.15) is 0 Å². The number of phenols is 1. The number of benzene rings is 2. The number of fused-ring (bicyclic) bond motifs is 1. The number of nitrogens with one attached hydrogen (secondary N) is 1. The van der Waals surface area contributed by atoms with E-state index >= 15 is 0 Å². The molecule has 1 amide bonds. The van der Waals surface area contributed by atoms with Crippen LogP contribution in [-0.4, -0.2) is 29.3 Å². The van der Waals surface area contributed by atoms with E-state index in [0.29, 0.717) is 31.0 Å². The summed E-state index contributed by atoms with van der Waals surface area (Å²) in [4.78, 5) is 12.2. The smallest absolute Gasteiger partial charge is 0.262 e. The summed E-state index contributed by atoms with van der Waals surface area (Å²) in [6.07, 6.45) is 1.90. The first-order chi connectivity index (χ1) is 12.0. The SMILES string of the molecule is COCCn1ccc2cc(NC(=O)c3c(O)cc(F)cc3F)ccc21. The first-order valence-electron chi connectivity index (χ1n) is 7.57. The molecule has 0 radical (unpaired) electrons. The summed E-state index contributed by atoms with van der Waals surface area (Å²) in [6.45, 7) is 1.27. The summed E-state index contributed by atoms with van der Waals surface area (Å²) in [7, 11) is 1.63. The van der Waals surface area contributed by atoms with Gasteiger partial charge in [0.1, 0.15) is 22.9 Å². The number of carbonyl (C=O) groups excluding carboxylic acids is 1. The predicted molar refractivity (Wildman–Crippen MR) is 89.8 cm³/mol. The van der Waals surface area contributed by atoms with Crippen molar-refractivity contribution in [2.24, 2.45) is 0 Å². The Balaban J connectivity index is 1.85. The lowest BCUT2D eigenvalue weighted by Crippen LogP contribution is -2.14. The Bertz CT molecular complexity index is 914. The van der Waals surface area contributed by atoms with Crippen molar-refractivity contribution in [2.45, 2.75) is 6.54 Å². The third-order valence-electron chi connectivity index (χ3n) is 3.83. The minimum Gasteiger partial charge on any atom is -0.507 e. The van der Waals surface area contributed by atoms with Crippen molar-refractivity contribution in [3.8, 4) is 5.75 Å². The van der Waals surface area contributed by atoms with E-state index in [1.54, 1.807) is 19.2 Å². The molecule has 0 aliphatic heterocycles. The standard InChI is InChI=1S/C18H16F2N2O3/c1-25-7-6-22-5-4-11-8-13(2-3-15(11)22)21-18(24)17-14(20)9-12(19)10-16(17)23/h2-5,8-10,23H,6-7H2,1H3,(H,21,24). The molecule has 0 saturated carbocycles. The molecule has 0 aliphatic rings. The highest BCUT2D eigenvalue weighted by Crippen LogP contribution is 2.25. The molecule has 5 nitrogen and oxygen atoms in total. The summed E-state index contributed by atoms with van der Waals surface area (Å²) in [5.74, 6) is -3.68. The zero-order valence-electron chi connectivity index (χ0n) is 13.4. The van der Waals surface area contributed by atoms with E-state index in [2.05, 4.69) is 5.32 Å². The lowest BCUT2D eigenvalue weighted by molar-refractivity contribution is 0.102. The minimum absolute atomic E-state index is 0.435. The molecule has 1 aromatic heterocycles. The first-order valence-corrected chi connectivity index (χ1v) is 7.57. The van der Waals surface area contributed by atoms with E-state index in [1.807, 2.05) is 22.9 Å². The molecular weight excluding hydrogens is 330 g/mol. The molecule has 130 valence electrons. The molecule has 7 heteroatoms. The molecule has 0 aliphatic carbocycles. The number of phenolic OH excluding ortho intramolecular Hbond substituents is 1. The van der Waals surface area contributed by atoms with Gasteiger partial charge in [0.2, 0.25) is 0 Å². The van der Waals surface area contributed by atoms with Crippen LogP contribution in [0.5, 0.6) is 5.75 Å². The van der Waals surface area contributed by atoms with Crippen molar-refractivity contribution in [1.29, 1.82) is 0 Å². The van der Waals surface area contributed by atoms with Crippen molar-refractivity contribution in [3.63, 3.8) is 0 Å². The highest BCUT2D eigenvalue weighted by atomic mass is 19.1. The van der Waals surface area contributed by atoms with Crippen LogP contribution in [0, 0.1) is 11.6 Å². The number of aromatic hydroxyl groups is 1. The normalized spacial score (nSPS) is 11.0. The monoisotopic (exact) mass is 346 g/mol. The number of halogens is 2. The number of amides is 1. The first kappa shape index (κ1) is 16.9. The predicted octanol–water partition coefficient (Wildman–Crippen LogP) is 3.52. The van der Waals surface area contributed by atoms with Crippen LogP contribution in [0.3, 0.4) is 0 Å². The van der Waals surface area contributed by atoms with Crippen LogP contribution in [0.4, 0.5) is 14.5 Å². The van der Waals surface area contributed by atoms with E-state index in [9.17, 15) is 18.7 Å². The second kappa shape index (κ2) is 6.90. The Kier molecular flexibility index (Phi) is 4.67. The van der Waals surface area contributed by atoms with E-state index in [-0.39, 0.29) is 0 Å². The van der Waals surface area contributed by atoms with Gasteiger partial charge in [0.05, 0.1) is 6.61 Å². The van der Waals surface area contributed by atoms with Gasteiger partial charge in [0, 0.05) is 48.6 Å². The lowest BCUT2D eigenvalue weighted by atomic mass is 10.1. The Labute approximate surface area is 142 Å². The molecule has 0 saturated heterocycles. The second-order valence-electron chi connectivity index (χ2n) is 5.51. The van der Waals surface area contributed by atoms with E-state index < -0.39 is 28.9 Å². The molecule has 2 aromatic carbocycles. The number of hydrogen-bond donors (Lipinski definition) is 2. The summed E-state index contributed by atoms with van der Waals surface area (Å²) >= 11 is 0. The molecule has 25 heavy (non-hydrogen) atoms. The number of methoxy groups -OCH3 is 1. The maximum Gasteiger partial charge on any atom is 0.262 e. The summed E-state index contributed by atoms with van der Waals surface area (Å²) in [5.41, 5.74) is 0.801. The third kappa shape index (κ3) is 3.46. The molecule has 0 bridgehead atoms. The quantitative estimate of drug-likeness (QED) is 0.743. The van der Waals surface area contributed by atoms with Crippen LogP contribution >= 0.6 is 0 Å². The second-order valence-corrected chi connectivity index (χ2v) is 5.51. The van der Waals surface area contributed by atoms with Crippen LogP contribution in [0.2, 0.25) is 0 Å². The van der Waals surface area contributed by atoms with Gasteiger partial charge in [-0.05, 0) is 24.3 Å². The number of aromatic nitrogens is 1. The van der Waals surface area contributed by atoms with Crippen LogP contribution in [0.25, 0.3) is 10.9 Å². The molecule has 3 rings (SSSR count). The molecule has 2 N–H and O–H groups in total. The Hall–Kier alpha value is -2.93. The van der Waals surface area contributed by atoms with Crippen LogP contribution in [0.15, 0.2) is 42.6 Å². The Morgan fingerprint density at radius 3 is 2.76 bits per heavy atom. The Morgan fingerprint density at radius 2 is 2.04 bits per heavy atom. The number of hydrogen-bond acceptors (Lipinski definition) is 3. The van der Waals surface area contributed by atoms with Crippen molar-refractivity contribution in [2.75, 3.05) is 19.0 Å². The van der Waals surface area contributed by atoms with Crippen LogP contribution in [-0.2, 0) is 11.3 Å². The highest BCUT2D eigenvalue weighted by molar-refractivity contribution is 6.07. The maximum absolute atomic E-state index is 13.8. The van der Waals surface area contributed by atoms with Crippen molar-refractivity contribution in [1.82, 2.24) is 4.57 Å². The van der Waals surface area contributed by atoms with Gasteiger partial charge >= 0.3 is 0 Å². The fourth-order valence-electron chi connectivity index (χ4n) is 2.64. The number of rotatable bonds is 5. The molecule has 0 spiro atoms. The van der Waals surface area contributed by atoms with Crippen molar-refractivity contribution < 1.29 is 23.4 Å². The van der Waals surface area contributed by atoms with E-state index in [1.165, 1.54) is 0 Å². The van der Waals surface area contributed by atoms with E-state index in [4.69, 9.17) is 4.74 Å². The average molecular weight is 346 g/mol. The van der Waals surface area contributed by atoms with Gasteiger partial charge < -0.3 is 19.7 Å². The van der Waals surface area contributed by atoms with Crippen LogP contribution in [0.1, 0.15) is 10.4 Å². The molecule has 0 fully saturated rings. The number of nitrogens with zero attached hydrogens (tertiary/aromatic N) is 1. The zero-order chi connectivity index (χ0) is 18.0. The topological polar surface area (TPSA) is 63.5 Å². The molecule has 0 atom stereocenters. The van der Waals surface area contributed by atoms with Gasteiger partial charge in [-0.15, -0.1) is 0 Å². The van der Waals surface area contributed by atoms with Crippen molar-refractivity contribution >= 4 is 22.5 Å². The molecule has 1 heterocycles. The molecule has 0 unspecified atom stereocenters. The number of ether oxygens (including phenoxy) is 1. The summed E-state index contributed by atoms with van der Waals surface area (Å²) < 4.78 is 33.9. The van der Waals surface area contributed by atoms with Gasteiger partial charge in [-0.25, -0.2) is 8.78 Å². The maximum atomic E-state index is 13.8. The fourth-order valence-corrected chi connectivity index (χ4v) is 2.64. The minimum atomic E-state index is -1.12. The number of anilines is 1. The zero-order valence-corrected chi connectivity index (χ0v) is 13.4.